The van der Waals surface area contributed by atoms with E-state index in [0.29, 0.717) is 17.3 Å². The van der Waals surface area contributed by atoms with E-state index in [1.165, 1.54) is 0 Å². The Labute approximate surface area is 175 Å². The standard InChI is InChI=1S/C21H25ClN4O3/c1-25-8-10-26(11-9-25)18(15-2-7-19-20(12-15)29-14-28-19)13-23-21(27)24-17-5-3-16(22)4-6-17/h2-7,12,18H,8-11,13-14H2,1H3,(H2,23,24,27)/t18-/m1/s1. The van der Waals surface area contributed by atoms with Gasteiger partial charge in [0.2, 0.25) is 6.79 Å². The number of likely N-dealkylation sites (N-methyl/N-ethyl adjacent to an activating group) is 1. The first-order valence-corrected chi connectivity index (χ1v) is 10.1. The fraction of sp³-hybridized carbons (Fsp3) is 0.381. The van der Waals surface area contributed by atoms with Crippen LogP contribution in [0.1, 0.15) is 11.6 Å². The van der Waals surface area contributed by atoms with Gasteiger partial charge >= 0.3 is 6.03 Å². The molecule has 2 heterocycles. The number of halogens is 1. The van der Waals surface area contributed by atoms with Crippen molar-refractivity contribution < 1.29 is 14.3 Å². The van der Waals surface area contributed by atoms with Crippen LogP contribution in [-0.4, -0.2) is 62.4 Å². The third-order valence-electron chi connectivity index (χ3n) is 5.32. The van der Waals surface area contributed by atoms with Crippen molar-refractivity contribution in [2.24, 2.45) is 0 Å². The molecule has 7 nitrogen and oxygen atoms in total. The number of carbonyl (C=O) groups is 1. The molecule has 0 saturated carbocycles. The Balaban J connectivity index is 1.45. The lowest BCUT2D eigenvalue weighted by Crippen LogP contribution is -2.48. The lowest BCUT2D eigenvalue weighted by molar-refractivity contribution is 0.111. The molecule has 0 unspecified atom stereocenters. The molecule has 8 heteroatoms. The highest BCUT2D eigenvalue weighted by molar-refractivity contribution is 6.30. The molecular formula is C21H25ClN4O3. The maximum absolute atomic E-state index is 12.4. The number of urea groups is 1. The molecule has 2 N–H and O–H groups in total. The number of hydrogen-bond acceptors (Lipinski definition) is 5. The molecule has 2 aromatic rings. The Morgan fingerprint density at radius 3 is 2.55 bits per heavy atom. The normalized spacial score (nSPS) is 17.7. The number of carbonyl (C=O) groups excluding carboxylic acids is 1. The van der Waals surface area contributed by atoms with Gasteiger partial charge in [-0.2, -0.15) is 0 Å². The number of amides is 2. The van der Waals surface area contributed by atoms with Gasteiger partial charge in [-0.05, 0) is 49.0 Å². The number of rotatable bonds is 5. The van der Waals surface area contributed by atoms with Crippen molar-refractivity contribution >= 4 is 23.3 Å². The summed E-state index contributed by atoms with van der Waals surface area (Å²) in [7, 11) is 2.13. The lowest BCUT2D eigenvalue weighted by atomic mass is 10.0. The number of nitrogens with zero attached hydrogens (tertiary/aromatic N) is 2. The van der Waals surface area contributed by atoms with Gasteiger partial charge in [0.25, 0.3) is 0 Å². The van der Waals surface area contributed by atoms with Crippen LogP contribution < -0.4 is 20.1 Å². The molecule has 0 aromatic heterocycles. The Hall–Kier alpha value is -2.48. The summed E-state index contributed by atoms with van der Waals surface area (Å²) in [6.45, 7) is 4.62. The van der Waals surface area contributed by atoms with Crippen molar-refractivity contribution in [2.75, 3.05) is 51.9 Å². The Morgan fingerprint density at radius 1 is 1.07 bits per heavy atom. The average Bonchev–Trinajstić information content (AvgIpc) is 3.19. The van der Waals surface area contributed by atoms with Crippen LogP contribution in [0.5, 0.6) is 11.5 Å². The van der Waals surface area contributed by atoms with Crippen molar-refractivity contribution in [3.8, 4) is 11.5 Å². The van der Waals surface area contributed by atoms with Crippen molar-refractivity contribution in [3.63, 3.8) is 0 Å². The Bertz CT molecular complexity index is 854. The van der Waals surface area contributed by atoms with Gasteiger partial charge in [0.05, 0.1) is 6.04 Å². The molecule has 154 valence electrons. The molecule has 2 aromatic carbocycles. The second-order valence-corrected chi connectivity index (χ2v) is 7.75. The largest absolute Gasteiger partial charge is 0.454 e. The first-order chi connectivity index (χ1) is 14.1. The monoisotopic (exact) mass is 416 g/mol. The molecule has 2 aliphatic heterocycles. The van der Waals surface area contributed by atoms with E-state index in [1.807, 2.05) is 12.1 Å². The van der Waals surface area contributed by atoms with Crippen molar-refractivity contribution in [1.82, 2.24) is 15.1 Å². The molecule has 2 amide bonds. The van der Waals surface area contributed by atoms with Crippen LogP contribution in [0.4, 0.5) is 10.5 Å². The van der Waals surface area contributed by atoms with Crippen molar-refractivity contribution in [3.05, 3.63) is 53.1 Å². The maximum Gasteiger partial charge on any atom is 0.319 e. The second kappa shape index (κ2) is 8.90. The van der Waals surface area contributed by atoms with Gasteiger partial charge in [-0.3, -0.25) is 4.90 Å². The molecule has 1 saturated heterocycles. The van der Waals surface area contributed by atoms with Gasteiger partial charge in [0.1, 0.15) is 0 Å². The summed E-state index contributed by atoms with van der Waals surface area (Å²) >= 11 is 5.90. The molecule has 0 spiro atoms. The van der Waals surface area contributed by atoms with E-state index >= 15 is 0 Å². The van der Waals surface area contributed by atoms with Crippen molar-refractivity contribution in [1.29, 1.82) is 0 Å². The van der Waals surface area contributed by atoms with Gasteiger partial charge in [-0.1, -0.05) is 17.7 Å². The molecule has 0 radical (unpaired) electrons. The summed E-state index contributed by atoms with van der Waals surface area (Å²) in [5, 5.41) is 6.49. The second-order valence-electron chi connectivity index (χ2n) is 7.31. The van der Waals surface area contributed by atoms with Gasteiger partial charge in [-0.15, -0.1) is 0 Å². The molecule has 4 rings (SSSR count). The zero-order valence-corrected chi connectivity index (χ0v) is 17.1. The van der Waals surface area contributed by atoms with E-state index in [1.54, 1.807) is 24.3 Å². The molecule has 0 aliphatic carbocycles. The minimum atomic E-state index is -0.243. The van der Waals surface area contributed by atoms with E-state index in [9.17, 15) is 4.79 Å². The summed E-state index contributed by atoms with van der Waals surface area (Å²) in [6.07, 6.45) is 0. The molecule has 2 aliphatic rings. The van der Waals surface area contributed by atoms with E-state index in [4.69, 9.17) is 21.1 Å². The van der Waals surface area contributed by atoms with Gasteiger partial charge < -0.3 is 25.0 Å². The van der Waals surface area contributed by atoms with Crippen LogP contribution >= 0.6 is 11.6 Å². The predicted molar refractivity (Wildman–Crippen MR) is 113 cm³/mol. The fourth-order valence-corrected chi connectivity index (χ4v) is 3.74. The summed E-state index contributed by atoms with van der Waals surface area (Å²) in [5.41, 5.74) is 1.80. The predicted octanol–water partition coefficient (Wildman–Crippen LogP) is 3.18. The minimum absolute atomic E-state index is 0.0502. The maximum atomic E-state index is 12.4. The van der Waals surface area contributed by atoms with Gasteiger partial charge in [0, 0.05) is 43.4 Å². The lowest BCUT2D eigenvalue weighted by Gasteiger charge is -2.38. The summed E-state index contributed by atoms with van der Waals surface area (Å²) in [6, 6.07) is 12.9. The smallest absolute Gasteiger partial charge is 0.319 e. The summed E-state index contributed by atoms with van der Waals surface area (Å²) in [4.78, 5) is 17.1. The Morgan fingerprint density at radius 2 is 1.79 bits per heavy atom. The first-order valence-electron chi connectivity index (χ1n) is 9.71. The van der Waals surface area contributed by atoms with Gasteiger partial charge in [-0.25, -0.2) is 4.79 Å². The zero-order chi connectivity index (χ0) is 20.2. The molecule has 1 atom stereocenters. The van der Waals surface area contributed by atoms with Crippen molar-refractivity contribution in [2.45, 2.75) is 6.04 Å². The van der Waals surface area contributed by atoms with E-state index < -0.39 is 0 Å². The fourth-order valence-electron chi connectivity index (χ4n) is 3.61. The number of benzene rings is 2. The summed E-state index contributed by atoms with van der Waals surface area (Å²) in [5.74, 6) is 1.52. The molecule has 1 fully saturated rings. The number of ether oxygens (including phenoxy) is 2. The topological polar surface area (TPSA) is 66.1 Å². The van der Waals surface area contributed by atoms with Crippen LogP contribution in [0.25, 0.3) is 0 Å². The highest BCUT2D eigenvalue weighted by Crippen LogP contribution is 2.35. The molecule has 29 heavy (non-hydrogen) atoms. The number of hydrogen-bond donors (Lipinski definition) is 2. The summed E-state index contributed by atoms with van der Waals surface area (Å²) < 4.78 is 11.0. The van der Waals surface area contributed by atoms with Crippen LogP contribution in [0.2, 0.25) is 5.02 Å². The van der Waals surface area contributed by atoms with Crippen LogP contribution in [0.15, 0.2) is 42.5 Å². The number of piperazine rings is 1. The number of fused-ring (bicyclic) bond motifs is 1. The van der Waals surface area contributed by atoms with Crippen LogP contribution in [-0.2, 0) is 0 Å². The zero-order valence-electron chi connectivity index (χ0n) is 16.4. The number of anilines is 1. The number of nitrogens with one attached hydrogen (secondary N) is 2. The highest BCUT2D eigenvalue weighted by atomic mass is 35.5. The van der Waals surface area contributed by atoms with E-state index in [0.717, 1.165) is 43.2 Å². The molecule has 0 bridgehead atoms. The average molecular weight is 417 g/mol. The molecular weight excluding hydrogens is 392 g/mol. The quantitative estimate of drug-likeness (QED) is 0.783. The van der Waals surface area contributed by atoms with Crippen LogP contribution in [0.3, 0.4) is 0 Å². The third kappa shape index (κ3) is 4.93. The van der Waals surface area contributed by atoms with E-state index in [-0.39, 0.29) is 18.9 Å². The highest BCUT2D eigenvalue weighted by Gasteiger charge is 2.26. The minimum Gasteiger partial charge on any atom is -0.454 e. The SMILES string of the molecule is CN1CCN([C@H](CNC(=O)Nc2ccc(Cl)cc2)c2ccc3c(c2)OCO3)CC1. The first kappa shape index (κ1) is 19.8. The Kier molecular flexibility index (Phi) is 6.08. The third-order valence-corrected chi connectivity index (χ3v) is 5.57. The van der Waals surface area contributed by atoms with Crippen LogP contribution in [0, 0.1) is 0 Å². The van der Waals surface area contributed by atoms with E-state index in [2.05, 4.69) is 33.5 Å². The van der Waals surface area contributed by atoms with Gasteiger partial charge in [0.15, 0.2) is 11.5 Å².